The van der Waals surface area contributed by atoms with Crippen LogP contribution in [-0.2, 0) is 4.79 Å². The second kappa shape index (κ2) is 7.77. The van der Waals surface area contributed by atoms with Crippen molar-refractivity contribution in [3.05, 3.63) is 29.8 Å². The number of nitrogens with zero attached hydrogens (tertiary/aromatic N) is 2. The van der Waals surface area contributed by atoms with Crippen molar-refractivity contribution in [1.29, 1.82) is 5.26 Å². The lowest BCUT2D eigenvalue weighted by atomic mass is 10.1. The molecule has 0 bridgehead atoms. The first-order chi connectivity index (χ1) is 9.80. The minimum atomic E-state index is -0.723. The summed E-state index contributed by atoms with van der Waals surface area (Å²) in [5.74, 6) is -0.0450. The molecule has 1 aromatic carbocycles. The molecular formula is C16H23N3O2. The largest absolute Gasteiger partial charge is 0.389 e. The maximum atomic E-state index is 11.8. The van der Waals surface area contributed by atoms with Gasteiger partial charge in [-0.25, -0.2) is 0 Å². The number of nitrogens with one attached hydrogen (secondary N) is 1. The Kier molecular flexibility index (Phi) is 6.35. The fourth-order valence-corrected chi connectivity index (χ4v) is 2.10. The summed E-state index contributed by atoms with van der Waals surface area (Å²) >= 11 is 0. The highest BCUT2D eigenvalue weighted by Crippen LogP contribution is 2.10. The monoisotopic (exact) mass is 289 g/mol. The average molecular weight is 289 g/mol. The molecule has 1 rings (SSSR count). The lowest BCUT2D eigenvalue weighted by Crippen LogP contribution is -2.36. The van der Waals surface area contributed by atoms with Gasteiger partial charge in [0.25, 0.3) is 0 Å². The number of aliphatic hydroxyl groups is 1. The molecule has 0 spiro atoms. The van der Waals surface area contributed by atoms with Crippen molar-refractivity contribution in [3.8, 4) is 6.07 Å². The smallest absolute Gasteiger partial charge is 0.224 e. The van der Waals surface area contributed by atoms with E-state index in [0.29, 0.717) is 24.2 Å². The summed E-state index contributed by atoms with van der Waals surface area (Å²) in [7, 11) is 1.93. The lowest BCUT2D eigenvalue weighted by Gasteiger charge is -2.25. The Morgan fingerprint density at radius 1 is 1.38 bits per heavy atom. The van der Waals surface area contributed by atoms with E-state index in [4.69, 9.17) is 5.26 Å². The van der Waals surface area contributed by atoms with Crippen molar-refractivity contribution in [2.45, 2.75) is 32.3 Å². The van der Waals surface area contributed by atoms with Crippen LogP contribution in [0.1, 0.15) is 32.3 Å². The predicted octanol–water partition coefficient (Wildman–Crippen LogP) is 1.98. The van der Waals surface area contributed by atoms with Gasteiger partial charge in [-0.1, -0.05) is 0 Å². The molecule has 5 heteroatoms. The summed E-state index contributed by atoms with van der Waals surface area (Å²) in [5.41, 5.74) is 0.546. The predicted molar refractivity (Wildman–Crippen MR) is 82.8 cm³/mol. The number of rotatable bonds is 7. The molecule has 0 saturated heterocycles. The van der Waals surface area contributed by atoms with Gasteiger partial charge in [-0.15, -0.1) is 0 Å². The lowest BCUT2D eigenvalue weighted by molar-refractivity contribution is -0.116. The van der Waals surface area contributed by atoms with Crippen molar-refractivity contribution in [2.75, 3.05) is 25.5 Å². The van der Waals surface area contributed by atoms with Gasteiger partial charge in [0.1, 0.15) is 0 Å². The summed E-state index contributed by atoms with van der Waals surface area (Å²) in [6.07, 6.45) is 1.16. The fraction of sp³-hybridized carbons (Fsp3) is 0.500. The first kappa shape index (κ1) is 17.2. The molecule has 0 heterocycles. The number of hydrogen-bond donors (Lipinski definition) is 2. The molecule has 0 atom stereocenters. The van der Waals surface area contributed by atoms with Crippen LogP contribution in [0.15, 0.2) is 24.3 Å². The van der Waals surface area contributed by atoms with Gasteiger partial charge in [0.2, 0.25) is 5.91 Å². The van der Waals surface area contributed by atoms with Crippen LogP contribution in [-0.4, -0.2) is 41.7 Å². The summed E-state index contributed by atoms with van der Waals surface area (Å²) < 4.78 is 0. The molecule has 1 amide bonds. The number of hydrogen-bond acceptors (Lipinski definition) is 4. The number of amides is 1. The number of carbonyl (C=O) groups excluding carboxylic acids is 1. The first-order valence-corrected chi connectivity index (χ1v) is 7.01. The van der Waals surface area contributed by atoms with Crippen molar-refractivity contribution in [3.63, 3.8) is 0 Å². The molecular weight excluding hydrogens is 266 g/mol. The highest BCUT2D eigenvalue weighted by molar-refractivity contribution is 5.90. The molecule has 0 aliphatic carbocycles. The third-order valence-corrected chi connectivity index (χ3v) is 2.90. The van der Waals surface area contributed by atoms with Crippen LogP contribution in [0.3, 0.4) is 0 Å². The molecule has 0 aliphatic heterocycles. The van der Waals surface area contributed by atoms with Crippen LogP contribution in [0.5, 0.6) is 0 Å². The van der Waals surface area contributed by atoms with Gasteiger partial charge in [0, 0.05) is 18.7 Å². The number of benzene rings is 1. The molecule has 1 aromatic rings. The van der Waals surface area contributed by atoms with E-state index < -0.39 is 5.60 Å². The third kappa shape index (κ3) is 7.45. The molecule has 2 N–H and O–H groups in total. The second-order valence-corrected chi connectivity index (χ2v) is 5.89. The van der Waals surface area contributed by atoms with Crippen molar-refractivity contribution in [1.82, 2.24) is 4.90 Å². The Morgan fingerprint density at radius 3 is 2.52 bits per heavy atom. The fourth-order valence-electron chi connectivity index (χ4n) is 2.10. The normalized spacial score (nSPS) is 11.2. The zero-order chi connectivity index (χ0) is 15.9. The van der Waals surface area contributed by atoms with Crippen LogP contribution in [0, 0.1) is 11.3 Å². The van der Waals surface area contributed by atoms with E-state index in [0.717, 1.165) is 13.0 Å². The molecule has 0 aliphatic rings. The highest BCUT2D eigenvalue weighted by atomic mass is 16.3. The zero-order valence-corrected chi connectivity index (χ0v) is 12.9. The SMILES string of the molecule is CN(CCCC(=O)Nc1ccc(C#N)cc1)CC(C)(C)O. The molecule has 21 heavy (non-hydrogen) atoms. The molecule has 0 unspecified atom stereocenters. The topological polar surface area (TPSA) is 76.4 Å². The van der Waals surface area contributed by atoms with E-state index >= 15 is 0 Å². The van der Waals surface area contributed by atoms with E-state index in [9.17, 15) is 9.90 Å². The van der Waals surface area contributed by atoms with E-state index in [-0.39, 0.29) is 5.91 Å². The minimum absolute atomic E-state index is 0.0450. The Bertz CT molecular complexity index is 498. The quantitative estimate of drug-likeness (QED) is 0.804. The maximum Gasteiger partial charge on any atom is 0.224 e. The first-order valence-electron chi connectivity index (χ1n) is 7.01. The number of carbonyl (C=O) groups is 1. The Labute approximate surface area is 126 Å². The van der Waals surface area contributed by atoms with Crippen LogP contribution >= 0.6 is 0 Å². The van der Waals surface area contributed by atoms with E-state index in [2.05, 4.69) is 5.32 Å². The van der Waals surface area contributed by atoms with Crippen LogP contribution in [0.4, 0.5) is 5.69 Å². The summed E-state index contributed by atoms with van der Waals surface area (Å²) in [5, 5.41) is 21.2. The van der Waals surface area contributed by atoms with Crippen LogP contribution in [0.2, 0.25) is 0 Å². The van der Waals surface area contributed by atoms with Gasteiger partial charge in [-0.2, -0.15) is 5.26 Å². The summed E-state index contributed by atoms with van der Waals surface area (Å²) in [4.78, 5) is 13.8. The number of nitriles is 1. The van der Waals surface area contributed by atoms with E-state index in [1.54, 1.807) is 38.1 Å². The second-order valence-electron chi connectivity index (χ2n) is 5.89. The van der Waals surface area contributed by atoms with Crippen molar-refractivity contribution in [2.24, 2.45) is 0 Å². The minimum Gasteiger partial charge on any atom is -0.389 e. The molecule has 0 fully saturated rings. The van der Waals surface area contributed by atoms with Crippen molar-refractivity contribution >= 4 is 11.6 Å². The Balaban J connectivity index is 2.29. The standard InChI is InChI=1S/C16H23N3O2/c1-16(2,21)12-19(3)10-4-5-15(20)18-14-8-6-13(11-17)7-9-14/h6-9,21H,4-5,10,12H2,1-3H3,(H,18,20). The van der Waals surface area contributed by atoms with Gasteiger partial charge >= 0.3 is 0 Å². The number of anilines is 1. The van der Waals surface area contributed by atoms with Gasteiger partial charge in [0.05, 0.1) is 17.2 Å². The highest BCUT2D eigenvalue weighted by Gasteiger charge is 2.15. The number of likely N-dealkylation sites (N-methyl/N-ethyl adjacent to an activating group) is 1. The Hall–Kier alpha value is -1.90. The molecule has 5 nitrogen and oxygen atoms in total. The zero-order valence-electron chi connectivity index (χ0n) is 12.9. The average Bonchev–Trinajstić information content (AvgIpc) is 2.37. The van der Waals surface area contributed by atoms with Gasteiger partial charge < -0.3 is 15.3 Å². The Morgan fingerprint density at radius 2 is 2.00 bits per heavy atom. The summed E-state index contributed by atoms with van der Waals surface area (Å²) in [6.45, 7) is 4.86. The molecule has 114 valence electrons. The van der Waals surface area contributed by atoms with E-state index in [1.807, 2.05) is 18.0 Å². The van der Waals surface area contributed by atoms with Crippen LogP contribution in [0.25, 0.3) is 0 Å². The third-order valence-electron chi connectivity index (χ3n) is 2.90. The van der Waals surface area contributed by atoms with Gasteiger partial charge in [0.15, 0.2) is 0 Å². The molecule has 0 aromatic heterocycles. The van der Waals surface area contributed by atoms with Crippen LogP contribution < -0.4 is 5.32 Å². The van der Waals surface area contributed by atoms with Crippen molar-refractivity contribution < 1.29 is 9.90 Å². The van der Waals surface area contributed by atoms with Gasteiger partial charge in [-0.3, -0.25) is 4.79 Å². The van der Waals surface area contributed by atoms with E-state index in [1.165, 1.54) is 0 Å². The molecule has 0 radical (unpaired) electrons. The maximum absolute atomic E-state index is 11.8. The summed E-state index contributed by atoms with van der Waals surface area (Å²) in [6, 6.07) is 8.82. The molecule has 0 saturated carbocycles. The van der Waals surface area contributed by atoms with Gasteiger partial charge in [-0.05, 0) is 58.1 Å².